The summed E-state index contributed by atoms with van der Waals surface area (Å²) in [4.78, 5) is 25.2. The van der Waals surface area contributed by atoms with E-state index < -0.39 is 0 Å². The molecule has 0 atom stereocenters. The number of amides is 2. The minimum absolute atomic E-state index is 0.152. The second-order valence-electron chi connectivity index (χ2n) is 5.73. The number of anilines is 3. The molecule has 5 nitrogen and oxygen atoms in total. The molecule has 2 aromatic carbocycles. The van der Waals surface area contributed by atoms with Crippen molar-refractivity contribution < 1.29 is 9.59 Å². The zero-order valence-electron chi connectivity index (χ0n) is 14.2. The van der Waals surface area contributed by atoms with Gasteiger partial charge in [-0.15, -0.1) is 11.3 Å². The number of rotatable bonds is 4. The lowest BCUT2D eigenvalue weighted by molar-refractivity contribution is -0.114. The van der Waals surface area contributed by atoms with Crippen molar-refractivity contribution in [3.63, 3.8) is 0 Å². The fourth-order valence-electron chi connectivity index (χ4n) is 2.45. The van der Waals surface area contributed by atoms with E-state index in [1.807, 2.05) is 29.6 Å². The topological polar surface area (TPSA) is 84.2 Å². The molecule has 0 spiro atoms. The second kappa shape index (κ2) is 8.57. The lowest BCUT2D eigenvalue weighted by atomic mass is 10.1. The van der Waals surface area contributed by atoms with Gasteiger partial charge in [0.2, 0.25) is 5.91 Å². The first-order chi connectivity index (χ1) is 12.8. The first kappa shape index (κ1) is 20.1. The summed E-state index contributed by atoms with van der Waals surface area (Å²) in [6.45, 7) is 1.45. The summed E-state index contributed by atoms with van der Waals surface area (Å²) in [5.41, 5.74) is 9.33. The summed E-state index contributed by atoms with van der Waals surface area (Å²) in [7, 11) is 0. The van der Waals surface area contributed by atoms with Crippen molar-refractivity contribution >= 4 is 85.4 Å². The smallest absolute Gasteiger partial charge is 0.255 e. The maximum atomic E-state index is 12.7. The minimum atomic E-state index is -0.254. The highest BCUT2D eigenvalue weighted by Gasteiger charge is 2.15. The third-order valence-electron chi connectivity index (χ3n) is 3.71. The van der Waals surface area contributed by atoms with Crippen LogP contribution in [0.1, 0.15) is 17.3 Å². The predicted octanol–water partition coefficient (Wildman–Crippen LogP) is 5.42. The van der Waals surface area contributed by atoms with Crippen LogP contribution in [0.2, 0.25) is 0 Å². The van der Waals surface area contributed by atoms with Crippen molar-refractivity contribution in [1.82, 2.24) is 0 Å². The molecule has 0 unspecified atom stereocenters. The number of nitrogens with one attached hydrogen (secondary N) is 2. The van der Waals surface area contributed by atoms with Gasteiger partial charge in [0.15, 0.2) is 0 Å². The van der Waals surface area contributed by atoms with Crippen molar-refractivity contribution in [2.45, 2.75) is 6.92 Å². The number of carbonyl (C=O) groups is 2. The van der Waals surface area contributed by atoms with Crippen LogP contribution in [-0.2, 0) is 4.79 Å². The lowest BCUT2D eigenvalue weighted by Crippen LogP contribution is -2.15. The summed E-state index contributed by atoms with van der Waals surface area (Å²) in [6.07, 6.45) is 0. The highest BCUT2D eigenvalue weighted by Crippen LogP contribution is 2.31. The molecule has 0 radical (unpaired) electrons. The van der Waals surface area contributed by atoms with E-state index in [0.717, 1.165) is 17.6 Å². The van der Waals surface area contributed by atoms with Gasteiger partial charge >= 0.3 is 0 Å². The molecule has 27 heavy (non-hydrogen) atoms. The first-order valence-corrected chi connectivity index (χ1v) is 10.9. The monoisotopic (exact) mass is 603 g/mol. The van der Waals surface area contributed by atoms with E-state index in [4.69, 9.17) is 5.73 Å². The fraction of sp³-hybridized carbons (Fsp3) is 0.0526. The van der Waals surface area contributed by atoms with Gasteiger partial charge in [-0.05, 0) is 86.5 Å². The van der Waals surface area contributed by atoms with Gasteiger partial charge in [0, 0.05) is 24.5 Å². The van der Waals surface area contributed by atoms with Crippen molar-refractivity contribution in [2.75, 3.05) is 16.4 Å². The third kappa shape index (κ3) is 4.79. The Hall–Kier alpha value is -1.66. The van der Waals surface area contributed by atoms with Crippen LogP contribution in [-0.4, -0.2) is 11.8 Å². The molecule has 1 heterocycles. The maximum Gasteiger partial charge on any atom is 0.255 e. The third-order valence-corrected chi connectivity index (χ3v) is 6.33. The molecule has 0 bridgehead atoms. The molecule has 0 aliphatic carbocycles. The SMILES string of the molecule is CC(=O)Nc1c(I)cc(C(=O)Nc2cc(-c3cccs3)ccc2N)cc1I. The van der Waals surface area contributed by atoms with Crippen molar-refractivity contribution in [3.05, 3.63) is 60.5 Å². The van der Waals surface area contributed by atoms with Crippen LogP contribution >= 0.6 is 56.5 Å². The Balaban J connectivity index is 1.87. The predicted molar refractivity (Wildman–Crippen MR) is 128 cm³/mol. The molecule has 0 aliphatic rings. The van der Waals surface area contributed by atoms with Crippen LogP contribution < -0.4 is 16.4 Å². The Labute approximate surface area is 188 Å². The van der Waals surface area contributed by atoms with Crippen LogP contribution in [0.15, 0.2) is 47.8 Å². The number of nitrogen functional groups attached to an aromatic ring is 1. The zero-order chi connectivity index (χ0) is 19.6. The van der Waals surface area contributed by atoms with Gasteiger partial charge in [-0.1, -0.05) is 12.1 Å². The number of hydrogen-bond acceptors (Lipinski definition) is 4. The maximum absolute atomic E-state index is 12.7. The van der Waals surface area contributed by atoms with E-state index >= 15 is 0 Å². The average molecular weight is 603 g/mol. The van der Waals surface area contributed by atoms with Gasteiger partial charge in [-0.25, -0.2) is 0 Å². The minimum Gasteiger partial charge on any atom is -0.397 e. The highest BCUT2D eigenvalue weighted by molar-refractivity contribution is 14.1. The molecule has 3 rings (SSSR count). The average Bonchev–Trinajstić information content (AvgIpc) is 3.14. The van der Waals surface area contributed by atoms with Gasteiger partial charge in [0.1, 0.15) is 0 Å². The summed E-state index contributed by atoms with van der Waals surface area (Å²) in [6, 6.07) is 13.1. The van der Waals surface area contributed by atoms with Crippen molar-refractivity contribution in [3.8, 4) is 10.4 Å². The molecule has 0 fully saturated rings. The van der Waals surface area contributed by atoms with Crippen molar-refractivity contribution in [1.29, 1.82) is 0 Å². The number of nitrogens with two attached hydrogens (primary N) is 1. The normalized spacial score (nSPS) is 10.5. The fourth-order valence-corrected chi connectivity index (χ4v) is 5.22. The van der Waals surface area contributed by atoms with Crippen LogP contribution in [0, 0.1) is 7.14 Å². The van der Waals surface area contributed by atoms with Gasteiger partial charge < -0.3 is 16.4 Å². The number of carbonyl (C=O) groups excluding carboxylic acids is 2. The zero-order valence-corrected chi connectivity index (χ0v) is 19.3. The molecule has 2 amide bonds. The Morgan fingerprint density at radius 2 is 1.74 bits per heavy atom. The van der Waals surface area contributed by atoms with Crippen LogP contribution in [0.25, 0.3) is 10.4 Å². The number of thiophene rings is 1. The van der Waals surface area contributed by atoms with E-state index in [0.29, 0.717) is 22.6 Å². The van der Waals surface area contributed by atoms with Gasteiger partial charge in [-0.2, -0.15) is 0 Å². The Morgan fingerprint density at radius 3 is 2.33 bits per heavy atom. The summed E-state index contributed by atoms with van der Waals surface area (Å²) < 4.78 is 1.58. The second-order valence-corrected chi connectivity index (χ2v) is 9.00. The molecule has 3 aromatic rings. The Kier molecular flexibility index (Phi) is 6.37. The van der Waals surface area contributed by atoms with Crippen LogP contribution in [0.3, 0.4) is 0 Å². The van der Waals surface area contributed by atoms with E-state index in [9.17, 15) is 9.59 Å². The molecular weight excluding hydrogens is 588 g/mol. The summed E-state index contributed by atoms with van der Waals surface area (Å²) in [5.74, 6) is -0.406. The molecular formula is C19H15I2N3O2S. The van der Waals surface area contributed by atoms with E-state index in [-0.39, 0.29) is 11.8 Å². The largest absolute Gasteiger partial charge is 0.397 e. The molecule has 0 saturated heterocycles. The molecule has 8 heteroatoms. The quantitative estimate of drug-likeness (QED) is 0.276. The van der Waals surface area contributed by atoms with Gasteiger partial charge in [0.25, 0.3) is 5.91 Å². The number of halogens is 2. The standard InChI is InChI=1S/C19H15I2N3O2S/c1-10(25)23-18-13(20)7-12(8-14(18)21)19(26)24-16-9-11(4-5-15(16)22)17-3-2-6-27-17/h2-9H,22H2,1H3,(H,23,25)(H,24,26). The van der Waals surface area contributed by atoms with Gasteiger partial charge in [0.05, 0.1) is 17.1 Å². The van der Waals surface area contributed by atoms with Crippen molar-refractivity contribution in [2.24, 2.45) is 0 Å². The molecule has 4 N–H and O–H groups in total. The Morgan fingerprint density at radius 1 is 1.04 bits per heavy atom. The number of hydrogen-bond donors (Lipinski definition) is 3. The summed E-state index contributed by atoms with van der Waals surface area (Å²) in [5, 5.41) is 7.68. The molecule has 138 valence electrons. The molecule has 0 aliphatic heterocycles. The van der Waals surface area contributed by atoms with Gasteiger partial charge in [-0.3, -0.25) is 9.59 Å². The Bertz CT molecular complexity index is 997. The summed E-state index contributed by atoms with van der Waals surface area (Å²) >= 11 is 5.84. The lowest BCUT2D eigenvalue weighted by Gasteiger charge is -2.13. The van der Waals surface area contributed by atoms with Crippen LogP contribution in [0.4, 0.5) is 17.1 Å². The molecule has 0 saturated carbocycles. The van der Waals surface area contributed by atoms with E-state index in [2.05, 4.69) is 55.8 Å². The first-order valence-electron chi connectivity index (χ1n) is 7.86. The van der Waals surface area contributed by atoms with E-state index in [1.54, 1.807) is 29.5 Å². The highest BCUT2D eigenvalue weighted by atomic mass is 127. The molecule has 1 aromatic heterocycles. The number of benzene rings is 2. The van der Waals surface area contributed by atoms with E-state index in [1.165, 1.54) is 6.92 Å². The van der Waals surface area contributed by atoms with Crippen LogP contribution in [0.5, 0.6) is 0 Å².